The van der Waals surface area contributed by atoms with E-state index in [9.17, 15) is 19.5 Å². The zero-order valence-electron chi connectivity index (χ0n) is 27.1. The summed E-state index contributed by atoms with van der Waals surface area (Å²) < 4.78 is 11.3. The number of likely N-dealkylation sites (N-methyl/N-ethyl adjacent to an activating group) is 1. The molecule has 4 aliphatic rings. The maximum atomic E-state index is 13.9. The van der Waals surface area contributed by atoms with Crippen LogP contribution in [0.5, 0.6) is 0 Å². The van der Waals surface area contributed by atoms with Crippen LogP contribution in [0.1, 0.15) is 78.3 Å². The number of piperidine rings is 1. The number of rotatable bonds is 5. The molecule has 4 atom stereocenters. The Morgan fingerprint density at radius 1 is 1.02 bits per heavy atom. The van der Waals surface area contributed by atoms with Crippen LogP contribution >= 0.6 is 0 Å². The second-order valence-electron chi connectivity index (χ2n) is 14.0. The summed E-state index contributed by atoms with van der Waals surface area (Å²) >= 11 is 0. The van der Waals surface area contributed by atoms with Crippen molar-refractivity contribution in [1.29, 1.82) is 0 Å². The summed E-state index contributed by atoms with van der Waals surface area (Å²) in [4.78, 5) is 48.3. The van der Waals surface area contributed by atoms with Crippen LogP contribution in [0.15, 0.2) is 42.5 Å². The van der Waals surface area contributed by atoms with E-state index in [1.165, 1.54) is 0 Å². The molecule has 3 amide bonds. The van der Waals surface area contributed by atoms with Gasteiger partial charge in [-0.3, -0.25) is 14.5 Å². The number of β-amino-alcohol motifs (C(OH)–C–C–N with tert-alkyl or cyclic N) is 1. The van der Waals surface area contributed by atoms with Gasteiger partial charge in [-0.25, -0.2) is 4.79 Å². The number of ether oxygens (including phenoxy) is 2. The highest BCUT2D eigenvalue weighted by Gasteiger charge is 2.44. The number of carbonyl (C=O) groups is 3. The van der Waals surface area contributed by atoms with Crippen LogP contribution in [0.2, 0.25) is 0 Å². The van der Waals surface area contributed by atoms with Gasteiger partial charge in [-0.05, 0) is 82.2 Å². The molecule has 2 fully saturated rings. The fourth-order valence-corrected chi connectivity index (χ4v) is 7.56. The maximum absolute atomic E-state index is 13.9. The molecule has 4 aliphatic heterocycles. The minimum atomic E-state index is -0.993. The number of benzene rings is 2. The van der Waals surface area contributed by atoms with E-state index >= 15 is 0 Å². The average molecular weight is 619 g/mol. The fraction of sp³-hybridized carbons (Fsp3) is 0.571. The number of hydrogen-bond donors (Lipinski definition) is 1. The molecule has 0 spiro atoms. The first-order valence-corrected chi connectivity index (χ1v) is 16.2. The zero-order chi connectivity index (χ0) is 32.0. The van der Waals surface area contributed by atoms with Crippen molar-refractivity contribution in [3.05, 3.63) is 64.7 Å². The highest BCUT2D eigenvalue weighted by atomic mass is 16.6. The third-order valence-corrected chi connectivity index (χ3v) is 9.90. The SMILES string of the molecule is COC1CC2CCC(C1)N2C(=O)c1ccc2c(c1)N(C)CCN(C[C@@H](O)[C@@H]1Cc3ccccc3CN1C(=O)OC(C)(C)C)C2=O. The first kappa shape index (κ1) is 31.4. The average Bonchev–Trinajstić information content (AvgIpc) is 3.22. The summed E-state index contributed by atoms with van der Waals surface area (Å²) in [5.41, 5.74) is 3.21. The number of fused-ring (bicyclic) bond motifs is 4. The van der Waals surface area contributed by atoms with Gasteiger partial charge in [0.05, 0.1) is 29.5 Å². The van der Waals surface area contributed by atoms with Crippen LogP contribution in [0.25, 0.3) is 0 Å². The van der Waals surface area contributed by atoms with E-state index in [1.54, 1.807) is 29.0 Å². The number of carbonyl (C=O) groups excluding carboxylic acids is 3. The molecule has 242 valence electrons. The Kier molecular flexibility index (Phi) is 8.56. The van der Waals surface area contributed by atoms with E-state index in [0.29, 0.717) is 42.9 Å². The Hall–Kier alpha value is -3.63. The van der Waals surface area contributed by atoms with Gasteiger partial charge in [0.2, 0.25) is 0 Å². The summed E-state index contributed by atoms with van der Waals surface area (Å²) in [5, 5.41) is 11.6. The minimum Gasteiger partial charge on any atom is -0.444 e. The lowest BCUT2D eigenvalue weighted by Crippen LogP contribution is -2.55. The molecule has 0 aliphatic carbocycles. The number of amides is 3. The Labute approximate surface area is 265 Å². The number of hydrogen-bond acceptors (Lipinski definition) is 7. The van der Waals surface area contributed by atoms with Crippen molar-refractivity contribution in [2.24, 2.45) is 0 Å². The molecule has 2 saturated heterocycles. The van der Waals surface area contributed by atoms with Crippen molar-refractivity contribution in [3.63, 3.8) is 0 Å². The largest absolute Gasteiger partial charge is 0.444 e. The van der Waals surface area contributed by atoms with Crippen molar-refractivity contribution >= 4 is 23.6 Å². The number of aliphatic hydroxyl groups excluding tert-OH is 1. The summed E-state index contributed by atoms with van der Waals surface area (Å²) in [7, 11) is 3.67. The Morgan fingerprint density at radius 2 is 1.71 bits per heavy atom. The van der Waals surface area contributed by atoms with E-state index in [1.807, 2.05) is 68.0 Å². The topological polar surface area (TPSA) is 103 Å². The van der Waals surface area contributed by atoms with E-state index in [4.69, 9.17) is 9.47 Å². The summed E-state index contributed by atoms with van der Waals surface area (Å²) in [6.07, 6.45) is 2.89. The highest BCUT2D eigenvalue weighted by molar-refractivity contribution is 6.03. The molecule has 2 aromatic carbocycles. The minimum absolute atomic E-state index is 0.0111. The first-order chi connectivity index (χ1) is 21.4. The number of methoxy groups -OCH3 is 1. The molecule has 2 unspecified atom stereocenters. The van der Waals surface area contributed by atoms with Gasteiger partial charge in [0, 0.05) is 58.0 Å². The molecule has 2 bridgehead atoms. The number of anilines is 1. The quantitative estimate of drug-likeness (QED) is 0.539. The predicted molar refractivity (Wildman–Crippen MR) is 170 cm³/mol. The Bertz CT molecular complexity index is 1440. The van der Waals surface area contributed by atoms with E-state index < -0.39 is 23.8 Å². The van der Waals surface area contributed by atoms with Crippen molar-refractivity contribution in [2.45, 2.75) is 95.4 Å². The van der Waals surface area contributed by atoms with Crippen molar-refractivity contribution in [2.75, 3.05) is 38.7 Å². The van der Waals surface area contributed by atoms with Crippen LogP contribution in [0.3, 0.4) is 0 Å². The Balaban J connectivity index is 1.20. The molecule has 0 radical (unpaired) electrons. The summed E-state index contributed by atoms with van der Waals surface area (Å²) in [5.74, 6) is -0.189. The van der Waals surface area contributed by atoms with Crippen molar-refractivity contribution in [3.8, 4) is 0 Å². The van der Waals surface area contributed by atoms with E-state index in [2.05, 4.69) is 0 Å². The molecule has 10 heteroatoms. The van der Waals surface area contributed by atoms with Crippen LogP contribution < -0.4 is 4.90 Å². The second kappa shape index (κ2) is 12.3. The van der Waals surface area contributed by atoms with Crippen LogP contribution in [-0.2, 0) is 22.4 Å². The van der Waals surface area contributed by atoms with E-state index in [-0.39, 0.29) is 36.5 Å². The monoisotopic (exact) mass is 618 g/mol. The first-order valence-electron chi connectivity index (χ1n) is 16.2. The van der Waals surface area contributed by atoms with Gasteiger partial charge in [0.15, 0.2) is 0 Å². The number of aliphatic hydroxyl groups is 1. The molecule has 45 heavy (non-hydrogen) atoms. The van der Waals surface area contributed by atoms with Crippen molar-refractivity contribution in [1.82, 2.24) is 14.7 Å². The van der Waals surface area contributed by atoms with E-state index in [0.717, 1.165) is 36.8 Å². The van der Waals surface area contributed by atoms with Gasteiger partial charge in [-0.15, -0.1) is 0 Å². The van der Waals surface area contributed by atoms with Gasteiger partial charge < -0.3 is 29.3 Å². The van der Waals surface area contributed by atoms with Gasteiger partial charge in [0.1, 0.15) is 5.60 Å². The van der Waals surface area contributed by atoms with Crippen molar-refractivity contribution < 1.29 is 29.0 Å². The molecule has 0 saturated carbocycles. The third-order valence-electron chi connectivity index (χ3n) is 9.90. The smallest absolute Gasteiger partial charge is 0.410 e. The summed E-state index contributed by atoms with van der Waals surface area (Å²) in [6, 6.07) is 13.1. The third kappa shape index (κ3) is 6.27. The lowest BCUT2D eigenvalue weighted by molar-refractivity contribution is -0.0176. The maximum Gasteiger partial charge on any atom is 0.410 e. The van der Waals surface area contributed by atoms with Crippen LogP contribution in [-0.4, -0.2) is 107 Å². The van der Waals surface area contributed by atoms with Gasteiger partial charge in [-0.2, -0.15) is 0 Å². The zero-order valence-corrected chi connectivity index (χ0v) is 27.1. The molecular formula is C35H46N4O6. The summed E-state index contributed by atoms with van der Waals surface area (Å²) in [6.45, 7) is 6.80. The number of nitrogens with zero attached hydrogens (tertiary/aromatic N) is 4. The van der Waals surface area contributed by atoms with Gasteiger partial charge in [-0.1, -0.05) is 24.3 Å². The molecule has 10 nitrogen and oxygen atoms in total. The van der Waals surface area contributed by atoms with Gasteiger partial charge >= 0.3 is 6.09 Å². The Morgan fingerprint density at radius 3 is 2.38 bits per heavy atom. The second-order valence-corrected chi connectivity index (χ2v) is 14.0. The predicted octanol–water partition coefficient (Wildman–Crippen LogP) is 4.08. The molecule has 2 aromatic rings. The molecule has 6 rings (SSSR count). The molecule has 0 aromatic heterocycles. The molecule has 4 heterocycles. The lowest BCUT2D eigenvalue weighted by Gasteiger charge is -2.41. The highest BCUT2D eigenvalue weighted by Crippen LogP contribution is 2.38. The molecule has 1 N–H and O–H groups in total. The normalized spacial score (nSPS) is 25.4. The van der Waals surface area contributed by atoms with Crippen LogP contribution in [0.4, 0.5) is 10.5 Å². The standard InChI is InChI=1S/C35H46N4O6/c1-35(2,3)45-34(43)38-20-24-9-7-6-8-22(24)16-30(38)31(40)21-37-15-14-36(4)29-17-23(10-13-28(29)33(37)42)32(41)39-25-11-12-26(39)19-27(18-25)44-5/h6-10,13,17,25-27,30-31,40H,11-12,14-16,18-21H2,1-5H3/t25?,26?,27?,30-,31+/m0/s1. The molecular weight excluding hydrogens is 572 g/mol. The fourth-order valence-electron chi connectivity index (χ4n) is 7.56. The van der Waals surface area contributed by atoms with Crippen LogP contribution in [0, 0.1) is 0 Å². The van der Waals surface area contributed by atoms with Gasteiger partial charge in [0.25, 0.3) is 11.8 Å². The lowest BCUT2D eigenvalue weighted by atomic mass is 9.91.